The summed E-state index contributed by atoms with van der Waals surface area (Å²) in [6, 6.07) is 10.1. The number of piperidine rings is 1. The average Bonchev–Trinajstić information content (AvgIpc) is 3.05. The van der Waals surface area contributed by atoms with Gasteiger partial charge in [0.2, 0.25) is 11.9 Å². The third kappa shape index (κ3) is 3.98. The van der Waals surface area contributed by atoms with E-state index in [0.29, 0.717) is 0 Å². The molecule has 1 aliphatic rings. The normalized spacial score (nSPS) is 15.9. The number of amides is 1. The maximum Gasteiger partial charge on any atom is 0.235 e. The fraction of sp³-hybridized carbons (Fsp3) is 0.500. The molecule has 134 valence electrons. The number of carbonyl (C=O) groups excluding carboxylic acids is 1. The minimum absolute atomic E-state index is 0.0761. The van der Waals surface area contributed by atoms with Crippen molar-refractivity contribution in [2.45, 2.75) is 36.6 Å². The molecule has 1 amide bonds. The van der Waals surface area contributed by atoms with E-state index >= 15 is 0 Å². The summed E-state index contributed by atoms with van der Waals surface area (Å²) in [5.41, 5.74) is 1.03. The lowest BCUT2D eigenvalue weighted by atomic mass is 10.1. The molecule has 7 heteroatoms. The Morgan fingerprint density at radius 1 is 1.12 bits per heavy atom. The van der Waals surface area contributed by atoms with Gasteiger partial charge in [0.1, 0.15) is 0 Å². The van der Waals surface area contributed by atoms with Crippen LogP contribution in [0.1, 0.15) is 26.2 Å². The third-order valence-corrected chi connectivity index (χ3v) is 5.37. The number of anilines is 1. The summed E-state index contributed by atoms with van der Waals surface area (Å²) in [6.07, 6.45) is 3.63. The van der Waals surface area contributed by atoms with Crippen molar-refractivity contribution >= 4 is 23.6 Å². The van der Waals surface area contributed by atoms with Crippen LogP contribution in [0.4, 0.5) is 5.95 Å². The van der Waals surface area contributed by atoms with E-state index in [2.05, 4.69) is 31.8 Å². The molecule has 0 bridgehead atoms. The summed E-state index contributed by atoms with van der Waals surface area (Å²) in [7, 11) is 3.56. The van der Waals surface area contributed by atoms with Crippen molar-refractivity contribution in [3.63, 3.8) is 0 Å². The first kappa shape index (κ1) is 17.8. The molecule has 0 saturated carbocycles. The predicted molar refractivity (Wildman–Crippen MR) is 101 cm³/mol. The van der Waals surface area contributed by atoms with Crippen LogP contribution in [0.2, 0.25) is 0 Å². The van der Waals surface area contributed by atoms with Crippen LogP contribution in [0, 0.1) is 0 Å². The Kier molecular flexibility index (Phi) is 5.63. The molecule has 0 unspecified atom stereocenters. The van der Waals surface area contributed by atoms with Crippen LogP contribution in [-0.2, 0) is 4.79 Å². The Balaban J connectivity index is 1.95. The van der Waals surface area contributed by atoms with Gasteiger partial charge in [-0.05, 0) is 38.3 Å². The molecule has 3 rings (SSSR count). The molecule has 1 fully saturated rings. The van der Waals surface area contributed by atoms with Crippen molar-refractivity contribution in [3.8, 4) is 5.69 Å². The predicted octanol–water partition coefficient (Wildman–Crippen LogP) is 2.83. The number of rotatable bonds is 5. The molecule has 0 radical (unpaired) electrons. The molecule has 2 heterocycles. The molecule has 1 aromatic carbocycles. The maximum atomic E-state index is 12.2. The molecule has 2 aromatic rings. The number of thioether (sulfide) groups is 1. The van der Waals surface area contributed by atoms with Crippen molar-refractivity contribution in [1.82, 2.24) is 19.7 Å². The van der Waals surface area contributed by atoms with E-state index in [1.165, 1.54) is 31.0 Å². The van der Waals surface area contributed by atoms with Crippen molar-refractivity contribution in [2.24, 2.45) is 0 Å². The van der Waals surface area contributed by atoms with Crippen molar-refractivity contribution in [2.75, 3.05) is 32.1 Å². The topological polar surface area (TPSA) is 54.3 Å². The minimum atomic E-state index is -0.212. The summed E-state index contributed by atoms with van der Waals surface area (Å²) in [5.74, 6) is 0.949. The van der Waals surface area contributed by atoms with Gasteiger partial charge in [-0.3, -0.25) is 9.36 Å². The highest BCUT2D eigenvalue weighted by Gasteiger charge is 2.25. The summed E-state index contributed by atoms with van der Waals surface area (Å²) in [4.78, 5) is 16.2. The van der Waals surface area contributed by atoms with Gasteiger partial charge in [0.05, 0.1) is 10.9 Å². The lowest BCUT2D eigenvalue weighted by molar-refractivity contribution is -0.127. The number of aromatic nitrogens is 3. The molecule has 6 nitrogen and oxygen atoms in total. The molecule has 1 aromatic heterocycles. The quantitative estimate of drug-likeness (QED) is 0.769. The Morgan fingerprint density at radius 2 is 1.80 bits per heavy atom. The number of para-hydroxylation sites is 1. The first-order valence-corrected chi connectivity index (χ1v) is 9.59. The second-order valence-electron chi connectivity index (χ2n) is 6.49. The lowest BCUT2D eigenvalue weighted by Gasteiger charge is -2.28. The molecule has 0 spiro atoms. The van der Waals surface area contributed by atoms with Crippen molar-refractivity contribution < 1.29 is 4.79 Å². The van der Waals surface area contributed by atoms with Gasteiger partial charge in [-0.15, -0.1) is 10.2 Å². The Bertz CT molecular complexity index is 710. The highest BCUT2D eigenvalue weighted by Crippen LogP contribution is 2.30. The highest BCUT2D eigenvalue weighted by atomic mass is 32.2. The Hall–Kier alpha value is -2.02. The zero-order valence-corrected chi connectivity index (χ0v) is 15.9. The SMILES string of the molecule is C[C@@H](Sc1nnc(N2CCCCC2)n1-c1ccccc1)C(=O)N(C)C. The molecule has 1 aliphatic heterocycles. The molecule has 0 N–H and O–H groups in total. The van der Waals surface area contributed by atoms with E-state index in [-0.39, 0.29) is 11.2 Å². The summed E-state index contributed by atoms with van der Waals surface area (Å²) < 4.78 is 2.08. The van der Waals surface area contributed by atoms with Gasteiger partial charge < -0.3 is 9.80 Å². The van der Waals surface area contributed by atoms with Gasteiger partial charge >= 0.3 is 0 Å². The summed E-state index contributed by atoms with van der Waals surface area (Å²) in [5, 5.41) is 9.43. The van der Waals surface area contributed by atoms with Gasteiger partial charge in [0.25, 0.3) is 0 Å². The van der Waals surface area contributed by atoms with E-state index in [4.69, 9.17) is 0 Å². The number of hydrogen-bond donors (Lipinski definition) is 0. The smallest absolute Gasteiger partial charge is 0.235 e. The fourth-order valence-corrected chi connectivity index (χ4v) is 4.02. The number of carbonyl (C=O) groups is 1. The number of hydrogen-bond acceptors (Lipinski definition) is 5. The van der Waals surface area contributed by atoms with E-state index in [0.717, 1.165) is 29.9 Å². The summed E-state index contributed by atoms with van der Waals surface area (Å²) in [6.45, 7) is 3.92. The first-order chi connectivity index (χ1) is 12.1. The molecule has 1 atom stereocenters. The van der Waals surface area contributed by atoms with Crippen LogP contribution in [-0.4, -0.2) is 58.0 Å². The minimum Gasteiger partial charge on any atom is -0.348 e. The number of nitrogens with zero attached hydrogens (tertiary/aromatic N) is 5. The Labute approximate surface area is 153 Å². The lowest BCUT2D eigenvalue weighted by Crippen LogP contribution is -2.32. The van der Waals surface area contributed by atoms with Crippen LogP contribution >= 0.6 is 11.8 Å². The standard InChI is InChI=1S/C18H25N5OS/c1-14(16(24)21(2)3)25-18-20-19-17(22-12-8-5-9-13-22)23(18)15-10-6-4-7-11-15/h4,6-7,10-11,14H,5,8-9,12-13H2,1-3H3/t14-/m1/s1. The second-order valence-corrected chi connectivity index (χ2v) is 7.80. The molecular weight excluding hydrogens is 334 g/mol. The van der Waals surface area contributed by atoms with Gasteiger partial charge in [-0.25, -0.2) is 0 Å². The van der Waals surface area contributed by atoms with E-state index in [9.17, 15) is 4.79 Å². The van der Waals surface area contributed by atoms with Crippen LogP contribution < -0.4 is 4.90 Å². The zero-order chi connectivity index (χ0) is 17.8. The van der Waals surface area contributed by atoms with Gasteiger partial charge in [0, 0.05) is 27.2 Å². The average molecular weight is 359 g/mol. The largest absolute Gasteiger partial charge is 0.348 e. The van der Waals surface area contributed by atoms with E-state index in [1.807, 2.05) is 25.1 Å². The number of benzene rings is 1. The van der Waals surface area contributed by atoms with Crippen LogP contribution in [0.25, 0.3) is 5.69 Å². The molecular formula is C18H25N5OS. The van der Waals surface area contributed by atoms with Crippen LogP contribution in [0.15, 0.2) is 35.5 Å². The van der Waals surface area contributed by atoms with Crippen LogP contribution in [0.3, 0.4) is 0 Å². The van der Waals surface area contributed by atoms with Crippen LogP contribution in [0.5, 0.6) is 0 Å². The second kappa shape index (κ2) is 7.91. The van der Waals surface area contributed by atoms with Gasteiger partial charge in [-0.1, -0.05) is 30.0 Å². The van der Waals surface area contributed by atoms with E-state index in [1.54, 1.807) is 19.0 Å². The monoisotopic (exact) mass is 359 g/mol. The van der Waals surface area contributed by atoms with Gasteiger partial charge in [0.15, 0.2) is 5.16 Å². The Morgan fingerprint density at radius 3 is 2.44 bits per heavy atom. The van der Waals surface area contributed by atoms with E-state index < -0.39 is 0 Å². The first-order valence-electron chi connectivity index (χ1n) is 8.71. The zero-order valence-electron chi connectivity index (χ0n) is 15.1. The summed E-state index contributed by atoms with van der Waals surface area (Å²) >= 11 is 1.46. The van der Waals surface area contributed by atoms with Gasteiger partial charge in [-0.2, -0.15) is 0 Å². The third-order valence-electron chi connectivity index (χ3n) is 4.34. The van der Waals surface area contributed by atoms with Crippen molar-refractivity contribution in [3.05, 3.63) is 30.3 Å². The maximum absolute atomic E-state index is 12.2. The molecule has 0 aliphatic carbocycles. The fourth-order valence-electron chi connectivity index (χ4n) is 3.01. The highest BCUT2D eigenvalue weighted by molar-refractivity contribution is 8.00. The molecule has 25 heavy (non-hydrogen) atoms. The van der Waals surface area contributed by atoms with Crippen molar-refractivity contribution in [1.29, 1.82) is 0 Å². The molecule has 1 saturated heterocycles.